The molecule has 66 valence electrons. The Balaban J connectivity index is 0.000000202. The van der Waals surface area contributed by atoms with Gasteiger partial charge in [-0.25, -0.2) is 0 Å². The highest BCUT2D eigenvalue weighted by Crippen LogP contribution is 1.89. The van der Waals surface area contributed by atoms with Gasteiger partial charge in [0.25, 0.3) is 0 Å². The summed E-state index contributed by atoms with van der Waals surface area (Å²) >= 11 is 0. The number of carbonyl (C=O) groups excluding carboxylic acids is 1. The molecule has 2 nitrogen and oxygen atoms in total. The van der Waals surface area contributed by atoms with Crippen LogP contribution >= 0.6 is 0 Å². The fraction of sp³-hybridized carbons (Fsp3) is 0.400. The number of hydrogen-bond donors (Lipinski definition) is 0. The highest BCUT2D eigenvalue weighted by atomic mass is 16.1. The van der Waals surface area contributed by atoms with Crippen LogP contribution < -0.4 is 0 Å². The van der Waals surface area contributed by atoms with Crippen LogP contribution in [-0.2, 0) is 4.79 Å². The average Bonchev–Trinajstić information content (AvgIpc) is 2.08. The van der Waals surface area contributed by atoms with Crippen LogP contribution in [0, 0.1) is 5.92 Å². The fourth-order valence-corrected chi connectivity index (χ4v) is 0.313. The van der Waals surface area contributed by atoms with E-state index in [0.717, 1.165) is 0 Å². The van der Waals surface area contributed by atoms with Gasteiger partial charge in [0.2, 0.25) is 0 Å². The molecule has 1 aromatic rings. The van der Waals surface area contributed by atoms with E-state index in [0.29, 0.717) is 0 Å². The Bertz CT molecular complexity index is 180. The fourth-order valence-electron chi connectivity index (χ4n) is 0.313. The third kappa shape index (κ3) is 6.93. The van der Waals surface area contributed by atoms with Crippen LogP contribution in [0.4, 0.5) is 0 Å². The number of hydrogen-bond acceptors (Lipinski definition) is 2. The molecule has 0 amide bonds. The lowest BCUT2D eigenvalue weighted by Gasteiger charge is -1.90. The summed E-state index contributed by atoms with van der Waals surface area (Å²) in [6, 6.07) is 5.72. The van der Waals surface area contributed by atoms with Crippen molar-refractivity contribution < 1.29 is 4.79 Å². The lowest BCUT2D eigenvalue weighted by Crippen LogP contribution is -1.98. The number of pyridine rings is 1. The lowest BCUT2D eigenvalue weighted by atomic mass is 10.1. The molecule has 12 heavy (non-hydrogen) atoms. The molecular formula is C10H15NO. The van der Waals surface area contributed by atoms with Gasteiger partial charge in [0, 0.05) is 18.3 Å². The van der Waals surface area contributed by atoms with Gasteiger partial charge in [-0.15, -0.1) is 0 Å². The van der Waals surface area contributed by atoms with E-state index in [1.807, 2.05) is 32.0 Å². The van der Waals surface area contributed by atoms with E-state index >= 15 is 0 Å². The predicted molar refractivity (Wildman–Crippen MR) is 49.8 cm³/mol. The molecular weight excluding hydrogens is 150 g/mol. The van der Waals surface area contributed by atoms with Gasteiger partial charge in [-0.3, -0.25) is 9.78 Å². The predicted octanol–water partition coefficient (Wildman–Crippen LogP) is 2.31. The van der Waals surface area contributed by atoms with Gasteiger partial charge in [0.15, 0.2) is 0 Å². The van der Waals surface area contributed by atoms with Crippen LogP contribution in [0.2, 0.25) is 0 Å². The number of carbonyl (C=O) groups is 1. The summed E-state index contributed by atoms with van der Waals surface area (Å²) < 4.78 is 0. The third-order valence-corrected chi connectivity index (χ3v) is 1.38. The van der Waals surface area contributed by atoms with Gasteiger partial charge in [-0.2, -0.15) is 0 Å². The topological polar surface area (TPSA) is 30.0 Å². The summed E-state index contributed by atoms with van der Waals surface area (Å²) in [4.78, 5) is 13.9. The minimum atomic E-state index is 0.213. The molecule has 0 atom stereocenters. The largest absolute Gasteiger partial charge is 0.300 e. The highest BCUT2D eigenvalue weighted by Gasteiger charge is 1.95. The Labute approximate surface area is 73.6 Å². The molecule has 0 aliphatic heterocycles. The Morgan fingerprint density at radius 2 is 1.58 bits per heavy atom. The number of rotatable bonds is 1. The van der Waals surface area contributed by atoms with Crippen molar-refractivity contribution in [1.82, 2.24) is 4.98 Å². The van der Waals surface area contributed by atoms with Crippen molar-refractivity contribution in [3.8, 4) is 0 Å². The van der Waals surface area contributed by atoms with Gasteiger partial charge in [0.05, 0.1) is 0 Å². The second kappa shape index (κ2) is 6.53. The number of aromatic nitrogens is 1. The molecule has 0 spiro atoms. The molecule has 2 heteroatoms. The van der Waals surface area contributed by atoms with E-state index in [9.17, 15) is 4.79 Å². The number of ketones is 1. The monoisotopic (exact) mass is 165 g/mol. The lowest BCUT2D eigenvalue weighted by molar-refractivity contribution is -0.119. The van der Waals surface area contributed by atoms with Crippen molar-refractivity contribution in [2.24, 2.45) is 5.92 Å². The molecule has 0 fully saturated rings. The standard InChI is InChI=1S/C5H5N.C5H10O/c1-2-4-6-5-3-1;1-4(2)5(3)6/h1-5H;4H,1-3H3. The Hall–Kier alpha value is -1.18. The third-order valence-electron chi connectivity index (χ3n) is 1.38. The molecule has 0 aliphatic carbocycles. The van der Waals surface area contributed by atoms with Crippen LogP contribution in [0.15, 0.2) is 30.6 Å². The van der Waals surface area contributed by atoms with Crippen molar-refractivity contribution in [2.75, 3.05) is 0 Å². The Morgan fingerprint density at radius 1 is 1.17 bits per heavy atom. The summed E-state index contributed by atoms with van der Waals surface area (Å²) in [5.74, 6) is 0.472. The van der Waals surface area contributed by atoms with Gasteiger partial charge in [0.1, 0.15) is 5.78 Å². The smallest absolute Gasteiger partial charge is 0.132 e. The van der Waals surface area contributed by atoms with E-state index in [2.05, 4.69) is 4.98 Å². The summed E-state index contributed by atoms with van der Waals surface area (Å²) in [5, 5.41) is 0. The van der Waals surface area contributed by atoms with Crippen molar-refractivity contribution in [3.05, 3.63) is 30.6 Å². The summed E-state index contributed by atoms with van der Waals surface area (Å²) in [6.07, 6.45) is 3.50. The van der Waals surface area contributed by atoms with E-state index in [-0.39, 0.29) is 11.7 Å². The van der Waals surface area contributed by atoms with Gasteiger partial charge in [-0.1, -0.05) is 19.9 Å². The minimum absolute atomic E-state index is 0.213. The molecule has 0 aromatic carbocycles. The summed E-state index contributed by atoms with van der Waals surface area (Å²) in [5.41, 5.74) is 0. The molecule has 0 aliphatic rings. The maximum absolute atomic E-state index is 10.1. The van der Waals surface area contributed by atoms with E-state index in [1.54, 1.807) is 19.3 Å². The molecule has 1 heterocycles. The Morgan fingerprint density at radius 3 is 1.67 bits per heavy atom. The van der Waals surface area contributed by atoms with Crippen molar-refractivity contribution in [3.63, 3.8) is 0 Å². The molecule has 0 bridgehead atoms. The van der Waals surface area contributed by atoms with E-state index < -0.39 is 0 Å². The van der Waals surface area contributed by atoms with Crippen LogP contribution in [-0.4, -0.2) is 10.8 Å². The quantitative estimate of drug-likeness (QED) is 0.639. The van der Waals surface area contributed by atoms with Crippen molar-refractivity contribution >= 4 is 5.78 Å². The van der Waals surface area contributed by atoms with Crippen molar-refractivity contribution in [1.29, 1.82) is 0 Å². The second-order valence-electron chi connectivity index (χ2n) is 2.79. The second-order valence-corrected chi connectivity index (χ2v) is 2.79. The highest BCUT2D eigenvalue weighted by molar-refractivity contribution is 5.77. The molecule has 1 rings (SSSR count). The molecule has 0 saturated heterocycles. The zero-order valence-electron chi connectivity index (χ0n) is 7.82. The zero-order valence-corrected chi connectivity index (χ0v) is 7.82. The molecule has 0 unspecified atom stereocenters. The van der Waals surface area contributed by atoms with Crippen LogP contribution in [0.5, 0.6) is 0 Å². The number of Topliss-reactive ketones (excluding diaryl/α,β-unsaturated/α-hetero) is 1. The maximum Gasteiger partial charge on any atom is 0.132 e. The van der Waals surface area contributed by atoms with Crippen molar-refractivity contribution in [2.45, 2.75) is 20.8 Å². The Kier molecular flexibility index (Phi) is 5.88. The molecule has 0 saturated carbocycles. The zero-order chi connectivity index (χ0) is 9.40. The normalized spacial score (nSPS) is 8.67. The molecule has 0 radical (unpaired) electrons. The van der Waals surface area contributed by atoms with E-state index in [1.165, 1.54) is 0 Å². The summed E-state index contributed by atoms with van der Waals surface area (Å²) in [6.45, 7) is 5.38. The van der Waals surface area contributed by atoms with Crippen LogP contribution in [0.3, 0.4) is 0 Å². The first kappa shape index (κ1) is 10.8. The maximum atomic E-state index is 10.1. The van der Waals surface area contributed by atoms with Crippen LogP contribution in [0.25, 0.3) is 0 Å². The van der Waals surface area contributed by atoms with Crippen LogP contribution in [0.1, 0.15) is 20.8 Å². The molecule has 1 aromatic heterocycles. The summed E-state index contributed by atoms with van der Waals surface area (Å²) in [7, 11) is 0. The van der Waals surface area contributed by atoms with Gasteiger partial charge in [-0.05, 0) is 19.1 Å². The first-order valence-corrected chi connectivity index (χ1v) is 4.00. The first-order valence-electron chi connectivity index (χ1n) is 4.00. The molecule has 0 N–H and O–H groups in total. The average molecular weight is 165 g/mol. The minimum Gasteiger partial charge on any atom is -0.300 e. The SMILES string of the molecule is CC(=O)C(C)C.c1ccncc1. The number of nitrogens with zero attached hydrogens (tertiary/aromatic N) is 1. The van der Waals surface area contributed by atoms with Gasteiger partial charge < -0.3 is 0 Å². The first-order chi connectivity index (χ1) is 5.64. The van der Waals surface area contributed by atoms with E-state index in [4.69, 9.17) is 0 Å². The van der Waals surface area contributed by atoms with Gasteiger partial charge >= 0.3 is 0 Å².